The van der Waals surface area contributed by atoms with Crippen LogP contribution in [-0.4, -0.2) is 41.1 Å². The molecule has 0 bridgehead atoms. The van der Waals surface area contributed by atoms with Crippen LogP contribution in [0.1, 0.15) is 6.92 Å². The van der Waals surface area contributed by atoms with Crippen LogP contribution in [0, 0.1) is 0 Å². The number of aliphatic hydroxyl groups is 1. The van der Waals surface area contributed by atoms with Gasteiger partial charge in [0.05, 0.1) is 0 Å². The minimum absolute atomic E-state index is 0.439. The Morgan fingerprint density at radius 3 is 1.26 bits per heavy atom. The van der Waals surface area contributed by atoms with Crippen LogP contribution >= 0.6 is 0 Å². The Morgan fingerprint density at radius 1 is 0.789 bits per heavy atom. The topological polar surface area (TPSA) is 20.2 Å². The van der Waals surface area contributed by atoms with Crippen molar-refractivity contribution < 1.29 is 53.4 Å². The van der Waals surface area contributed by atoms with E-state index >= 15 is 0 Å². The van der Waals surface area contributed by atoms with Crippen LogP contribution in [0.15, 0.2) is 0 Å². The van der Waals surface area contributed by atoms with E-state index in [9.17, 15) is 48.3 Å². The van der Waals surface area contributed by atoms with Gasteiger partial charge in [-0.25, -0.2) is 8.78 Å². The molecule has 12 heteroatoms. The van der Waals surface area contributed by atoms with E-state index in [0.717, 1.165) is 0 Å². The van der Waals surface area contributed by atoms with Gasteiger partial charge >= 0.3 is 29.8 Å². The van der Waals surface area contributed by atoms with E-state index < -0.39 is 42.9 Å². The molecular weight excluding hydrogens is 309 g/mol. The van der Waals surface area contributed by atoms with Crippen molar-refractivity contribution in [1.82, 2.24) is 0 Å². The maximum Gasteiger partial charge on any atom is 0.435 e. The van der Waals surface area contributed by atoms with Gasteiger partial charge in [-0.2, -0.15) is 39.5 Å². The van der Waals surface area contributed by atoms with Crippen LogP contribution in [0.3, 0.4) is 0 Å². The van der Waals surface area contributed by atoms with Crippen molar-refractivity contribution >= 4 is 0 Å². The van der Waals surface area contributed by atoms with Gasteiger partial charge < -0.3 is 5.11 Å². The molecule has 0 aliphatic heterocycles. The van der Waals surface area contributed by atoms with Gasteiger partial charge in [-0.05, 0) is 6.92 Å². The summed E-state index contributed by atoms with van der Waals surface area (Å²) >= 11 is 0. The summed E-state index contributed by atoms with van der Waals surface area (Å²) in [5, 5.41) is 7.51. The Balaban J connectivity index is 6.30. The molecule has 0 fully saturated rings. The molecule has 1 nitrogen and oxygen atoms in total. The lowest BCUT2D eigenvalue weighted by atomic mass is 9.86. The van der Waals surface area contributed by atoms with Gasteiger partial charge in [-0.15, -0.1) is 0 Å². The van der Waals surface area contributed by atoms with Gasteiger partial charge in [0.2, 0.25) is 0 Å². The number of rotatable bonds is 4. The Morgan fingerprint density at radius 2 is 1.11 bits per heavy atom. The second-order valence-corrected chi connectivity index (χ2v) is 3.51. The summed E-state index contributed by atoms with van der Waals surface area (Å²) in [7, 11) is 0. The highest BCUT2D eigenvalue weighted by Crippen LogP contribution is 2.59. The zero-order valence-corrected chi connectivity index (χ0v) is 8.68. The van der Waals surface area contributed by atoms with Crippen LogP contribution < -0.4 is 0 Å². The van der Waals surface area contributed by atoms with Crippen LogP contribution in [-0.2, 0) is 0 Å². The molecule has 0 spiro atoms. The van der Waals surface area contributed by atoms with Crippen molar-refractivity contribution in [2.24, 2.45) is 0 Å². The maximum absolute atomic E-state index is 13.1. The van der Waals surface area contributed by atoms with E-state index in [4.69, 9.17) is 5.11 Å². The van der Waals surface area contributed by atoms with Gasteiger partial charge in [0, 0.05) is 0 Å². The molecule has 0 heterocycles. The summed E-state index contributed by atoms with van der Waals surface area (Å²) in [4.78, 5) is 0. The molecule has 0 rings (SSSR count). The second kappa shape index (κ2) is 4.35. The molecule has 0 amide bonds. The number of alkyl halides is 11. The summed E-state index contributed by atoms with van der Waals surface area (Å²) in [6.07, 6.45) is -18.3. The zero-order valence-electron chi connectivity index (χ0n) is 8.68. The number of hydrogen-bond acceptors (Lipinski definition) is 1. The predicted octanol–water partition coefficient (Wildman–Crippen LogP) is 3.47. The quantitative estimate of drug-likeness (QED) is 0.788. The molecule has 0 aromatic rings. The highest BCUT2D eigenvalue weighted by molar-refractivity contribution is 5.13. The minimum Gasteiger partial charge on any atom is -0.331 e. The molecule has 116 valence electrons. The molecular formula is C7H5F11O. The lowest BCUT2D eigenvalue weighted by molar-refractivity contribution is -0.442. The maximum atomic E-state index is 13.1. The molecule has 19 heavy (non-hydrogen) atoms. The Labute approximate surface area is 97.5 Å². The fourth-order valence-corrected chi connectivity index (χ4v) is 1.06. The summed E-state index contributed by atoms with van der Waals surface area (Å²) in [6.45, 7) is -0.439. The van der Waals surface area contributed by atoms with Gasteiger partial charge in [-0.1, -0.05) is 0 Å². The molecule has 0 saturated heterocycles. The van der Waals surface area contributed by atoms with E-state index in [2.05, 4.69) is 0 Å². The van der Waals surface area contributed by atoms with E-state index in [1.807, 2.05) is 0 Å². The first-order valence-electron chi connectivity index (χ1n) is 4.20. The van der Waals surface area contributed by atoms with E-state index in [1.54, 1.807) is 0 Å². The van der Waals surface area contributed by atoms with Crippen molar-refractivity contribution in [2.75, 3.05) is 0 Å². The minimum atomic E-state index is -7.32. The molecule has 0 radical (unpaired) electrons. The molecule has 0 aromatic carbocycles. The van der Waals surface area contributed by atoms with Crippen molar-refractivity contribution in [3.05, 3.63) is 0 Å². The molecule has 2 atom stereocenters. The van der Waals surface area contributed by atoms with Crippen molar-refractivity contribution in [2.45, 2.75) is 42.9 Å². The third-order valence-electron chi connectivity index (χ3n) is 2.16. The van der Waals surface area contributed by atoms with Gasteiger partial charge in [0.15, 0.2) is 6.17 Å². The SMILES string of the molecule is CC(F)C(F)(F)C(F)(C(F)(F)F)C(F)(F)C(O)(F)F. The Kier molecular flexibility index (Phi) is 4.16. The average Bonchev–Trinajstić information content (AvgIpc) is 2.11. The van der Waals surface area contributed by atoms with Crippen LogP contribution in [0.25, 0.3) is 0 Å². The molecule has 2 unspecified atom stereocenters. The van der Waals surface area contributed by atoms with Crippen LogP contribution in [0.4, 0.5) is 48.3 Å². The first-order chi connectivity index (χ1) is 7.94. The number of halogens is 11. The summed E-state index contributed by atoms with van der Waals surface area (Å²) in [6, 6.07) is 0. The molecule has 1 N–H and O–H groups in total. The predicted molar refractivity (Wildman–Crippen MR) is 37.5 cm³/mol. The molecule has 0 aliphatic carbocycles. The zero-order chi connectivity index (χ0) is 16.1. The highest BCUT2D eigenvalue weighted by Gasteiger charge is 2.90. The van der Waals surface area contributed by atoms with Gasteiger partial charge in [0.25, 0.3) is 0 Å². The standard InChI is InChI=1S/C7H5F11O/c1-2(8)3(9,10)4(11,6(14,15)16)5(12,13)7(17,18)19/h2,19H,1H3. The fraction of sp³-hybridized carbons (Fsp3) is 1.00. The van der Waals surface area contributed by atoms with Gasteiger partial charge in [0.1, 0.15) is 0 Å². The Bertz CT molecular complexity index is 327. The lowest BCUT2D eigenvalue weighted by Gasteiger charge is -2.41. The molecule has 0 saturated carbocycles. The van der Waals surface area contributed by atoms with E-state index in [0.29, 0.717) is 0 Å². The smallest absolute Gasteiger partial charge is 0.331 e. The normalized spacial score (nSPS) is 20.1. The van der Waals surface area contributed by atoms with Crippen molar-refractivity contribution in [1.29, 1.82) is 0 Å². The summed E-state index contributed by atoms with van der Waals surface area (Å²) in [5.74, 6) is -13.9. The monoisotopic (exact) mass is 314 g/mol. The van der Waals surface area contributed by atoms with Crippen molar-refractivity contribution in [3.8, 4) is 0 Å². The number of hydrogen-bond donors (Lipinski definition) is 1. The molecule has 0 aromatic heterocycles. The third-order valence-corrected chi connectivity index (χ3v) is 2.16. The molecule has 0 aliphatic rings. The van der Waals surface area contributed by atoms with E-state index in [1.165, 1.54) is 0 Å². The summed E-state index contributed by atoms with van der Waals surface area (Å²) < 4.78 is 136. The second-order valence-electron chi connectivity index (χ2n) is 3.51. The average molecular weight is 314 g/mol. The first-order valence-corrected chi connectivity index (χ1v) is 4.20. The summed E-state index contributed by atoms with van der Waals surface area (Å²) in [5.41, 5.74) is -7.31. The van der Waals surface area contributed by atoms with Crippen LogP contribution in [0.5, 0.6) is 0 Å². The van der Waals surface area contributed by atoms with Gasteiger partial charge in [-0.3, -0.25) is 0 Å². The first kappa shape index (κ1) is 18.2. The van der Waals surface area contributed by atoms with Crippen molar-refractivity contribution in [3.63, 3.8) is 0 Å². The largest absolute Gasteiger partial charge is 0.435 e. The Hall–Kier alpha value is -0.810. The third kappa shape index (κ3) is 2.34. The highest BCUT2D eigenvalue weighted by atomic mass is 19.4. The van der Waals surface area contributed by atoms with Crippen LogP contribution in [0.2, 0.25) is 0 Å². The van der Waals surface area contributed by atoms with E-state index in [-0.39, 0.29) is 0 Å². The fourth-order valence-electron chi connectivity index (χ4n) is 1.06. The lowest BCUT2D eigenvalue weighted by Crippen LogP contribution is -2.73.